The molecular formula is C21H24N4S. The first kappa shape index (κ1) is 16.1. The zero-order chi connectivity index (χ0) is 17.6. The molecule has 1 aromatic carbocycles. The smallest absolute Gasteiger partial charge is 0.140 e. The largest absolute Gasteiger partial charge is 0.382 e. The summed E-state index contributed by atoms with van der Waals surface area (Å²) in [6.45, 7) is 4.45. The van der Waals surface area contributed by atoms with Crippen molar-refractivity contribution in [2.24, 2.45) is 5.41 Å². The predicted molar refractivity (Wildman–Crippen MR) is 109 cm³/mol. The normalized spacial score (nSPS) is 25.0. The van der Waals surface area contributed by atoms with Gasteiger partial charge in [-0.1, -0.05) is 25.1 Å². The third-order valence-corrected chi connectivity index (χ3v) is 7.14. The summed E-state index contributed by atoms with van der Waals surface area (Å²) in [5, 5.41) is 4.92. The van der Waals surface area contributed by atoms with Crippen molar-refractivity contribution in [1.82, 2.24) is 9.97 Å². The van der Waals surface area contributed by atoms with Crippen molar-refractivity contribution in [2.45, 2.75) is 38.6 Å². The van der Waals surface area contributed by atoms with Crippen LogP contribution in [0.15, 0.2) is 42.7 Å². The van der Waals surface area contributed by atoms with E-state index in [1.807, 2.05) is 0 Å². The van der Waals surface area contributed by atoms with Gasteiger partial charge in [0.25, 0.3) is 0 Å². The third kappa shape index (κ3) is 2.75. The Balaban J connectivity index is 1.29. The summed E-state index contributed by atoms with van der Waals surface area (Å²) in [7, 11) is 0. The fourth-order valence-corrected chi connectivity index (χ4v) is 5.56. The molecule has 4 nitrogen and oxygen atoms in total. The van der Waals surface area contributed by atoms with E-state index in [4.69, 9.17) is 0 Å². The molecular weight excluding hydrogens is 340 g/mol. The second-order valence-electron chi connectivity index (χ2n) is 7.77. The lowest BCUT2D eigenvalue weighted by Crippen LogP contribution is -2.46. The molecule has 2 aliphatic rings. The van der Waals surface area contributed by atoms with Gasteiger partial charge in [-0.25, -0.2) is 9.97 Å². The third-order valence-electron chi connectivity index (χ3n) is 5.95. The molecule has 1 saturated heterocycles. The molecule has 0 radical (unpaired) electrons. The van der Waals surface area contributed by atoms with Gasteiger partial charge in [0.05, 0.1) is 5.39 Å². The number of benzene rings is 1. The molecule has 0 bridgehead atoms. The minimum absolute atomic E-state index is 0.466. The fourth-order valence-electron chi connectivity index (χ4n) is 4.63. The maximum atomic E-state index is 4.65. The molecule has 0 atom stereocenters. The van der Waals surface area contributed by atoms with Gasteiger partial charge in [0, 0.05) is 29.7 Å². The Morgan fingerprint density at radius 1 is 1.23 bits per heavy atom. The molecule has 1 aliphatic heterocycles. The van der Waals surface area contributed by atoms with E-state index in [-0.39, 0.29) is 0 Å². The first-order chi connectivity index (χ1) is 12.7. The Bertz CT molecular complexity index is 914. The van der Waals surface area contributed by atoms with Gasteiger partial charge in [0.2, 0.25) is 0 Å². The second kappa shape index (κ2) is 6.23. The monoisotopic (exact) mass is 364 g/mol. The van der Waals surface area contributed by atoms with Gasteiger partial charge in [0.1, 0.15) is 17.0 Å². The maximum Gasteiger partial charge on any atom is 0.140 e. The average Bonchev–Trinajstić information content (AvgIpc) is 3.26. The van der Waals surface area contributed by atoms with Crippen molar-refractivity contribution >= 4 is 33.1 Å². The molecule has 2 fully saturated rings. The van der Waals surface area contributed by atoms with E-state index in [1.165, 1.54) is 35.2 Å². The highest BCUT2D eigenvalue weighted by Crippen LogP contribution is 2.50. The van der Waals surface area contributed by atoms with Crippen molar-refractivity contribution in [3.05, 3.63) is 47.6 Å². The highest BCUT2D eigenvalue weighted by molar-refractivity contribution is 7.18. The van der Waals surface area contributed by atoms with Gasteiger partial charge >= 0.3 is 0 Å². The van der Waals surface area contributed by atoms with Crippen LogP contribution in [0.1, 0.15) is 31.1 Å². The molecule has 1 spiro atoms. The molecule has 1 saturated carbocycles. The number of aromatic nitrogens is 2. The highest BCUT2D eigenvalue weighted by Gasteiger charge is 2.48. The molecule has 0 unspecified atom stereocenters. The number of thiophene rings is 1. The zero-order valence-electron chi connectivity index (χ0n) is 15.1. The number of nitrogens with zero attached hydrogens (tertiary/aromatic N) is 3. The summed E-state index contributed by atoms with van der Waals surface area (Å²) in [5.41, 5.74) is 1.71. The Morgan fingerprint density at radius 3 is 2.88 bits per heavy atom. The lowest BCUT2D eigenvalue weighted by atomic mass is 9.65. The lowest BCUT2D eigenvalue weighted by Gasteiger charge is -2.46. The van der Waals surface area contributed by atoms with E-state index >= 15 is 0 Å². The van der Waals surface area contributed by atoms with Gasteiger partial charge in [-0.15, -0.1) is 11.3 Å². The number of rotatable bonds is 4. The Kier molecular flexibility index (Phi) is 3.85. The summed E-state index contributed by atoms with van der Waals surface area (Å²) in [5.74, 6) is 1.14. The van der Waals surface area contributed by atoms with E-state index in [2.05, 4.69) is 63.5 Å². The fraction of sp³-hybridized carbons (Fsp3) is 0.429. The first-order valence-electron chi connectivity index (χ1n) is 9.55. The van der Waals surface area contributed by atoms with E-state index in [0.29, 0.717) is 11.5 Å². The number of para-hydroxylation sites is 1. The van der Waals surface area contributed by atoms with Crippen LogP contribution < -0.4 is 10.2 Å². The van der Waals surface area contributed by atoms with Crippen LogP contribution in [-0.2, 0) is 6.42 Å². The lowest BCUT2D eigenvalue weighted by molar-refractivity contribution is 0.144. The van der Waals surface area contributed by atoms with Gasteiger partial charge in [-0.2, -0.15) is 0 Å². The van der Waals surface area contributed by atoms with Crippen LogP contribution in [-0.4, -0.2) is 29.1 Å². The number of hydrogen-bond donors (Lipinski definition) is 1. The van der Waals surface area contributed by atoms with Crippen molar-refractivity contribution in [3.8, 4) is 0 Å². The topological polar surface area (TPSA) is 41.0 Å². The predicted octanol–water partition coefficient (Wildman–Crippen LogP) is 4.72. The van der Waals surface area contributed by atoms with Crippen LogP contribution in [0.3, 0.4) is 0 Å². The van der Waals surface area contributed by atoms with Crippen LogP contribution >= 0.6 is 11.3 Å². The van der Waals surface area contributed by atoms with Crippen LogP contribution in [0.25, 0.3) is 10.2 Å². The summed E-state index contributed by atoms with van der Waals surface area (Å²) in [6, 6.07) is 13.5. The number of aryl methyl sites for hydroxylation is 1. The zero-order valence-corrected chi connectivity index (χ0v) is 15.9. The minimum Gasteiger partial charge on any atom is -0.382 e. The molecule has 0 amide bonds. The van der Waals surface area contributed by atoms with Crippen LogP contribution in [0.4, 0.5) is 11.5 Å². The van der Waals surface area contributed by atoms with Crippen LogP contribution in [0.2, 0.25) is 0 Å². The summed E-state index contributed by atoms with van der Waals surface area (Å²) < 4.78 is 0. The molecule has 26 heavy (non-hydrogen) atoms. The minimum atomic E-state index is 0.466. The summed E-state index contributed by atoms with van der Waals surface area (Å²) >= 11 is 1.80. The van der Waals surface area contributed by atoms with Gasteiger partial charge in [-0.05, 0) is 49.3 Å². The Hall–Kier alpha value is -2.14. The summed E-state index contributed by atoms with van der Waals surface area (Å²) in [6.07, 6.45) is 6.60. The number of nitrogens with one attached hydrogen (secondary N) is 1. The molecule has 3 heterocycles. The quantitative estimate of drug-likeness (QED) is 0.727. The second-order valence-corrected chi connectivity index (χ2v) is 8.88. The number of fused-ring (bicyclic) bond motifs is 1. The van der Waals surface area contributed by atoms with Gasteiger partial charge in [-0.3, -0.25) is 0 Å². The molecule has 5 heteroatoms. The highest BCUT2D eigenvalue weighted by atomic mass is 32.1. The van der Waals surface area contributed by atoms with E-state index in [1.54, 1.807) is 17.7 Å². The Labute approximate surface area is 158 Å². The average molecular weight is 365 g/mol. The van der Waals surface area contributed by atoms with Crippen molar-refractivity contribution in [1.29, 1.82) is 0 Å². The van der Waals surface area contributed by atoms with Crippen molar-refractivity contribution in [2.75, 3.05) is 23.3 Å². The molecule has 2 aromatic heterocycles. The Morgan fingerprint density at radius 2 is 2.08 bits per heavy atom. The van der Waals surface area contributed by atoms with Crippen molar-refractivity contribution < 1.29 is 0 Å². The molecule has 134 valence electrons. The van der Waals surface area contributed by atoms with E-state index < -0.39 is 0 Å². The van der Waals surface area contributed by atoms with E-state index in [9.17, 15) is 0 Å². The molecule has 1 N–H and O–H groups in total. The molecule has 1 aliphatic carbocycles. The van der Waals surface area contributed by atoms with Gasteiger partial charge < -0.3 is 10.2 Å². The SMILES string of the molecule is CCc1cc2c(N3CCC4(CC(Nc5ccccc5)C4)C3)ncnc2s1. The van der Waals surface area contributed by atoms with Crippen molar-refractivity contribution in [3.63, 3.8) is 0 Å². The standard InChI is InChI=1S/C21H24N4S/c1-2-17-10-18-19(22-14-23-20(18)26-17)25-9-8-21(13-25)11-16(12-21)24-15-6-4-3-5-7-15/h3-7,10,14,16,24H,2,8-9,11-13H2,1H3. The molecule has 3 aromatic rings. The van der Waals surface area contributed by atoms with Crippen LogP contribution in [0, 0.1) is 5.41 Å². The summed E-state index contributed by atoms with van der Waals surface area (Å²) in [4.78, 5) is 14.2. The molecule has 5 rings (SSSR count). The van der Waals surface area contributed by atoms with Gasteiger partial charge in [0.15, 0.2) is 0 Å². The number of anilines is 2. The maximum absolute atomic E-state index is 4.65. The van der Waals surface area contributed by atoms with E-state index in [0.717, 1.165) is 30.2 Å². The first-order valence-corrected chi connectivity index (χ1v) is 10.4. The number of hydrogen-bond acceptors (Lipinski definition) is 5. The van der Waals surface area contributed by atoms with Crippen LogP contribution in [0.5, 0.6) is 0 Å².